The summed E-state index contributed by atoms with van der Waals surface area (Å²) in [5, 5.41) is 2.05. The summed E-state index contributed by atoms with van der Waals surface area (Å²) < 4.78 is 28.5. The third-order valence-corrected chi connectivity index (χ3v) is 8.54. The van der Waals surface area contributed by atoms with Crippen LogP contribution in [0, 0.1) is 0 Å². The summed E-state index contributed by atoms with van der Waals surface area (Å²) in [6.07, 6.45) is 3.82. The van der Waals surface area contributed by atoms with Crippen LogP contribution in [0.3, 0.4) is 0 Å². The summed E-state index contributed by atoms with van der Waals surface area (Å²) in [4.78, 5) is 18.9. The maximum absolute atomic E-state index is 12.9. The maximum atomic E-state index is 12.9. The Morgan fingerprint density at radius 2 is 1.67 bits per heavy atom. The van der Waals surface area contributed by atoms with Crippen molar-refractivity contribution < 1.29 is 13.2 Å². The van der Waals surface area contributed by atoms with Crippen molar-refractivity contribution in [1.82, 2.24) is 4.98 Å². The lowest BCUT2D eigenvalue weighted by atomic mass is 10.0. The number of aromatic nitrogens is 1. The highest BCUT2D eigenvalue weighted by Crippen LogP contribution is 2.38. The lowest BCUT2D eigenvalue weighted by molar-refractivity contribution is -0.122. The molecule has 1 aliphatic heterocycles. The number of nitrogens with one attached hydrogen (secondary N) is 1. The molecule has 1 aliphatic rings. The molecular weight excluding hydrogens is 537 g/mol. The van der Waals surface area contributed by atoms with Crippen molar-refractivity contribution in [2.75, 3.05) is 9.62 Å². The lowest BCUT2D eigenvalue weighted by Crippen LogP contribution is -2.61. The first kappa shape index (κ1) is 24.5. The molecule has 3 aromatic carbocycles. The highest BCUT2D eigenvalue weighted by molar-refractivity contribution is 7.92. The summed E-state index contributed by atoms with van der Waals surface area (Å²) in [7, 11) is -3.85. The number of para-hydroxylation sites is 1. The van der Waals surface area contributed by atoms with Crippen LogP contribution in [0.5, 0.6) is 0 Å². The molecule has 0 radical (unpaired) electrons. The van der Waals surface area contributed by atoms with E-state index in [4.69, 9.17) is 23.2 Å². The minimum absolute atomic E-state index is 0.0908. The number of benzene rings is 3. The number of nitrogens with zero attached hydrogens (tertiary/aromatic N) is 2. The maximum Gasteiger partial charge on any atom is 0.261 e. The molecule has 36 heavy (non-hydrogen) atoms. The molecule has 5 rings (SSSR count). The average molecular weight is 556 g/mol. The standard InChI is InChI=1S/C26H19Cl2N3O3S2/c27-18-11-13-19(14-12-18)36(33,34)30-21-9-5-4-8-20(21)22-16-35-26(29-22)31-23(24(28)25(31)32)15-10-17-6-2-1-3-7-17/h1-16,23-24,30H/b15-10+. The summed E-state index contributed by atoms with van der Waals surface area (Å²) in [5.41, 5.74) is 2.50. The SMILES string of the molecule is O=C1C(Cl)C(/C=C/c2ccccc2)N1c1nc(-c2ccccc2NS(=O)(=O)c2ccc(Cl)cc2)cs1. The van der Waals surface area contributed by atoms with Gasteiger partial charge in [0.15, 0.2) is 5.13 Å². The molecule has 2 unspecified atom stereocenters. The summed E-state index contributed by atoms with van der Waals surface area (Å²) >= 11 is 13.5. The zero-order valence-electron chi connectivity index (χ0n) is 18.6. The predicted molar refractivity (Wildman–Crippen MR) is 146 cm³/mol. The van der Waals surface area contributed by atoms with Crippen molar-refractivity contribution in [3.63, 3.8) is 0 Å². The second-order valence-electron chi connectivity index (χ2n) is 7.99. The summed E-state index contributed by atoms with van der Waals surface area (Å²) in [5.74, 6) is -0.225. The minimum Gasteiger partial charge on any atom is -0.279 e. The molecule has 2 atom stereocenters. The van der Waals surface area contributed by atoms with Gasteiger partial charge in [-0.2, -0.15) is 0 Å². The van der Waals surface area contributed by atoms with E-state index in [9.17, 15) is 13.2 Å². The van der Waals surface area contributed by atoms with Crippen molar-refractivity contribution in [3.05, 3.63) is 101 Å². The number of thiazole rings is 1. The highest BCUT2D eigenvalue weighted by Gasteiger charge is 2.47. The van der Waals surface area contributed by atoms with Gasteiger partial charge in [0.25, 0.3) is 10.0 Å². The van der Waals surface area contributed by atoms with Crippen LogP contribution < -0.4 is 9.62 Å². The Kier molecular flexibility index (Phi) is 6.85. The fourth-order valence-electron chi connectivity index (χ4n) is 3.77. The van der Waals surface area contributed by atoms with Gasteiger partial charge in [0, 0.05) is 16.0 Å². The van der Waals surface area contributed by atoms with E-state index in [1.807, 2.05) is 42.5 Å². The molecule has 2 heterocycles. The van der Waals surface area contributed by atoms with Crippen LogP contribution >= 0.6 is 34.5 Å². The number of anilines is 2. The van der Waals surface area contributed by atoms with E-state index in [-0.39, 0.29) is 16.8 Å². The highest BCUT2D eigenvalue weighted by atomic mass is 35.5. The third-order valence-electron chi connectivity index (χ3n) is 5.63. The van der Waals surface area contributed by atoms with Crippen LogP contribution in [0.2, 0.25) is 5.02 Å². The number of β-lactam (4-membered cyclic amide) rings is 1. The van der Waals surface area contributed by atoms with E-state index in [1.54, 1.807) is 34.5 Å². The second-order valence-corrected chi connectivity index (χ2v) is 11.4. The van der Waals surface area contributed by atoms with E-state index in [2.05, 4.69) is 9.71 Å². The smallest absolute Gasteiger partial charge is 0.261 e. The molecule has 182 valence electrons. The van der Waals surface area contributed by atoms with Gasteiger partial charge in [0.1, 0.15) is 5.38 Å². The van der Waals surface area contributed by atoms with E-state index in [1.165, 1.54) is 35.6 Å². The van der Waals surface area contributed by atoms with Crippen molar-refractivity contribution in [2.24, 2.45) is 0 Å². The molecule has 0 aliphatic carbocycles. The minimum atomic E-state index is -3.85. The number of rotatable bonds is 7. The normalized spacial score (nSPS) is 17.8. The second kappa shape index (κ2) is 10.1. The Bertz CT molecular complexity index is 1540. The first-order valence-electron chi connectivity index (χ1n) is 10.9. The van der Waals surface area contributed by atoms with Gasteiger partial charge in [0.05, 0.1) is 22.3 Å². The van der Waals surface area contributed by atoms with Crippen molar-refractivity contribution in [2.45, 2.75) is 16.3 Å². The van der Waals surface area contributed by atoms with Crippen LogP contribution in [-0.2, 0) is 14.8 Å². The van der Waals surface area contributed by atoms with Gasteiger partial charge in [0.2, 0.25) is 5.91 Å². The Hall–Kier alpha value is -3.17. The summed E-state index contributed by atoms with van der Waals surface area (Å²) in [6, 6.07) is 22.3. The Morgan fingerprint density at radius 3 is 2.42 bits per heavy atom. The molecule has 10 heteroatoms. The molecule has 1 amide bonds. The number of hydrogen-bond donors (Lipinski definition) is 1. The van der Waals surface area contributed by atoms with Crippen LogP contribution in [0.4, 0.5) is 10.8 Å². The number of alkyl halides is 1. The molecule has 0 saturated carbocycles. The molecule has 4 aromatic rings. The monoisotopic (exact) mass is 555 g/mol. The quantitative estimate of drug-likeness (QED) is 0.214. The van der Waals surface area contributed by atoms with Gasteiger partial charge in [-0.05, 0) is 35.9 Å². The molecule has 6 nitrogen and oxygen atoms in total. The van der Waals surface area contributed by atoms with E-state index >= 15 is 0 Å². The fraction of sp³-hybridized carbons (Fsp3) is 0.0769. The summed E-state index contributed by atoms with van der Waals surface area (Å²) in [6.45, 7) is 0. The number of amides is 1. The molecule has 1 N–H and O–H groups in total. The van der Waals surface area contributed by atoms with Crippen molar-refractivity contribution in [3.8, 4) is 11.3 Å². The molecule has 0 bridgehead atoms. The van der Waals surface area contributed by atoms with Crippen LogP contribution in [-0.4, -0.2) is 30.7 Å². The predicted octanol–water partition coefficient (Wildman–Crippen LogP) is 6.30. The Morgan fingerprint density at radius 1 is 0.972 bits per heavy atom. The van der Waals surface area contributed by atoms with Crippen LogP contribution in [0.1, 0.15) is 5.56 Å². The topological polar surface area (TPSA) is 79.4 Å². The number of carbonyl (C=O) groups is 1. The molecular formula is C26H19Cl2N3O3S2. The van der Waals surface area contributed by atoms with Gasteiger partial charge in [-0.1, -0.05) is 72.3 Å². The van der Waals surface area contributed by atoms with Gasteiger partial charge < -0.3 is 0 Å². The zero-order valence-corrected chi connectivity index (χ0v) is 21.7. The largest absolute Gasteiger partial charge is 0.279 e. The molecule has 1 aromatic heterocycles. The van der Waals surface area contributed by atoms with Gasteiger partial charge in [-0.25, -0.2) is 13.4 Å². The zero-order chi connectivity index (χ0) is 25.3. The lowest BCUT2D eigenvalue weighted by Gasteiger charge is -2.40. The van der Waals surface area contributed by atoms with Gasteiger partial charge in [-0.3, -0.25) is 14.4 Å². The number of halogens is 2. The third kappa shape index (κ3) is 4.90. The number of sulfonamides is 1. The Labute approximate surface area is 222 Å². The average Bonchev–Trinajstić information content (AvgIpc) is 3.36. The van der Waals surface area contributed by atoms with Crippen molar-refractivity contribution >= 4 is 67.4 Å². The van der Waals surface area contributed by atoms with Gasteiger partial charge >= 0.3 is 0 Å². The first-order chi connectivity index (χ1) is 17.3. The molecule has 0 spiro atoms. The van der Waals surface area contributed by atoms with E-state index in [0.717, 1.165) is 5.56 Å². The number of carbonyl (C=O) groups excluding carboxylic acids is 1. The number of hydrogen-bond acceptors (Lipinski definition) is 5. The molecule has 1 saturated heterocycles. The van der Waals surface area contributed by atoms with Crippen LogP contribution in [0.15, 0.2) is 95.2 Å². The first-order valence-corrected chi connectivity index (χ1v) is 14.0. The van der Waals surface area contributed by atoms with Crippen molar-refractivity contribution in [1.29, 1.82) is 0 Å². The fourth-order valence-corrected chi connectivity index (χ4v) is 6.15. The van der Waals surface area contributed by atoms with Crippen LogP contribution in [0.25, 0.3) is 17.3 Å². The molecule has 1 fully saturated rings. The van der Waals surface area contributed by atoms with E-state index < -0.39 is 15.4 Å². The van der Waals surface area contributed by atoms with E-state index in [0.29, 0.717) is 27.1 Å². The van der Waals surface area contributed by atoms with Gasteiger partial charge in [-0.15, -0.1) is 22.9 Å². The Balaban J connectivity index is 1.40.